The fraction of sp³-hybridized carbons (Fsp3) is 0.450. The van der Waals surface area contributed by atoms with Crippen LogP contribution in [-0.4, -0.2) is 29.1 Å². The van der Waals surface area contributed by atoms with Gasteiger partial charge in [0.05, 0.1) is 0 Å². The Bertz CT molecular complexity index is 673. The second kappa shape index (κ2) is 8.43. The Kier molecular flexibility index (Phi) is 6.55. The maximum Gasteiger partial charge on any atom is 0.261 e. The number of hydrogen-bond acceptors (Lipinski definition) is 3. The molecule has 0 fully saturated rings. The average Bonchev–Trinajstić information content (AvgIpc) is 2.55. The Balaban J connectivity index is 1.97. The molecule has 3 nitrogen and oxygen atoms in total. The highest BCUT2D eigenvalue weighted by Gasteiger charge is 2.19. The number of thioether (sulfide) groups is 1. The van der Waals surface area contributed by atoms with Crippen LogP contribution in [0.15, 0.2) is 42.5 Å². The summed E-state index contributed by atoms with van der Waals surface area (Å²) in [7, 11) is 0. The Labute approximate surface area is 149 Å². The predicted molar refractivity (Wildman–Crippen MR) is 104 cm³/mol. The second-order valence-electron chi connectivity index (χ2n) is 6.74. The van der Waals surface area contributed by atoms with Crippen molar-refractivity contribution in [1.29, 1.82) is 0 Å². The van der Waals surface area contributed by atoms with Gasteiger partial charge in [0.2, 0.25) is 0 Å². The van der Waals surface area contributed by atoms with Gasteiger partial charge in [-0.2, -0.15) is 11.8 Å². The number of fused-ring (bicyclic) bond motifs is 1. The molecule has 2 aromatic carbocycles. The second-order valence-corrected chi connectivity index (χ2v) is 8.67. The molecule has 0 aromatic heterocycles. The summed E-state index contributed by atoms with van der Waals surface area (Å²) in [6.07, 6.45) is 0.178. The van der Waals surface area contributed by atoms with Crippen LogP contribution in [0.5, 0.6) is 5.75 Å². The Morgan fingerprint density at radius 3 is 2.58 bits per heavy atom. The lowest BCUT2D eigenvalue weighted by molar-refractivity contribution is -0.127. The van der Waals surface area contributed by atoms with Crippen molar-refractivity contribution in [3.05, 3.63) is 42.5 Å². The molecule has 1 N–H and O–H groups in total. The Morgan fingerprint density at radius 1 is 1.17 bits per heavy atom. The van der Waals surface area contributed by atoms with Gasteiger partial charge in [-0.3, -0.25) is 4.79 Å². The summed E-state index contributed by atoms with van der Waals surface area (Å²) in [5.41, 5.74) is 0. The summed E-state index contributed by atoms with van der Waals surface area (Å²) >= 11 is 1.85. The molecule has 0 spiro atoms. The summed E-state index contributed by atoms with van der Waals surface area (Å²) in [6, 6.07) is 14.0. The first-order valence-corrected chi connectivity index (χ1v) is 9.45. The van der Waals surface area contributed by atoms with Gasteiger partial charge in [-0.1, -0.05) is 64.1 Å². The molecule has 4 heteroatoms. The van der Waals surface area contributed by atoms with Crippen LogP contribution in [0.4, 0.5) is 0 Å². The highest BCUT2D eigenvalue weighted by molar-refractivity contribution is 8.00. The molecule has 1 amide bonds. The van der Waals surface area contributed by atoms with E-state index in [1.807, 2.05) is 61.2 Å². The molecule has 0 saturated heterocycles. The van der Waals surface area contributed by atoms with Crippen LogP contribution in [-0.2, 0) is 4.79 Å². The first-order chi connectivity index (χ1) is 11.4. The van der Waals surface area contributed by atoms with E-state index in [0.717, 1.165) is 22.3 Å². The van der Waals surface area contributed by atoms with Crippen molar-refractivity contribution in [2.45, 2.75) is 45.0 Å². The summed E-state index contributed by atoms with van der Waals surface area (Å²) in [6.45, 7) is 9.17. The molecular formula is C20H27NO2S. The Morgan fingerprint density at radius 2 is 1.88 bits per heavy atom. The summed E-state index contributed by atoms with van der Waals surface area (Å²) < 4.78 is 6.23. The average molecular weight is 346 g/mol. The third-order valence-electron chi connectivity index (χ3n) is 3.62. The van der Waals surface area contributed by atoms with Crippen molar-refractivity contribution in [2.75, 3.05) is 12.3 Å². The van der Waals surface area contributed by atoms with Gasteiger partial charge >= 0.3 is 0 Å². The maximum atomic E-state index is 12.4. The number of hydrogen-bond donors (Lipinski definition) is 1. The lowest BCUT2D eigenvalue weighted by Gasteiger charge is -2.20. The van der Waals surface area contributed by atoms with E-state index in [9.17, 15) is 4.79 Å². The van der Waals surface area contributed by atoms with Gasteiger partial charge in [0.1, 0.15) is 5.75 Å². The normalized spacial score (nSPS) is 12.8. The summed E-state index contributed by atoms with van der Waals surface area (Å²) in [5, 5.41) is 5.14. The number of nitrogens with one attached hydrogen (secondary N) is 1. The van der Waals surface area contributed by atoms with Crippen LogP contribution in [0.1, 0.15) is 34.1 Å². The summed E-state index contributed by atoms with van der Waals surface area (Å²) in [5.74, 6) is 1.62. The maximum absolute atomic E-state index is 12.4. The molecule has 0 saturated carbocycles. The largest absolute Gasteiger partial charge is 0.480 e. The van der Waals surface area contributed by atoms with Crippen LogP contribution >= 0.6 is 11.8 Å². The minimum absolute atomic E-state index is 0.0417. The smallest absolute Gasteiger partial charge is 0.261 e. The third kappa shape index (κ3) is 5.45. The van der Waals surface area contributed by atoms with Gasteiger partial charge in [-0.05, 0) is 17.9 Å². The molecule has 0 radical (unpaired) electrons. The SMILES string of the molecule is CC[C@@H](Oc1cccc2ccccc12)C(=O)NCCSC(C)(C)C. The van der Waals surface area contributed by atoms with Crippen molar-refractivity contribution in [1.82, 2.24) is 5.32 Å². The fourth-order valence-electron chi connectivity index (χ4n) is 2.42. The molecule has 0 aliphatic heterocycles. The minimum Gasteiger partial charge on any atom is -0.480 e. The third-order valence-corrected chi connectivity index (χ3v) is 4.89. The van der Waals surface area contributed by atoms with Crippen LogP contribution in [0.2, 0.25) is 0 Å². The van der Waals surface area contributed by atoms with Gasteiger partial charge in [0, 0.05) is 22.4 Å². The highest BCUT2D eigenvalue weighted by Crippen LogP contribution is 2.26. The van der Waals surface area contributed by atoms with Gasteiger partial charge in [-0.25, -0.2) is 0 Å². The predicted octanol–water partition coefficient (Wildman–Crippen LogP) is 4.65. The quantitative estimate of drug-likeness (QED) is 0.743. The van der Waals surface area contributed by atoms with E-state index in [4.69, 9.17) is 4.74 Å². The molecule has 0 bridgehead atoms. The van der Waals surface area contributed by atoms with Crippen LogP contribution in [0, 0.1) is 0 Å². The molecule has 0 heterocycles. The number of carbonyl (C=O) groups excluding carboxylic acids is 1. The number of benzene rings is 2. The van der Waals surface area contributed by atoms with Crippen LogP contribution < -0.4 is 10.1 Å². The van der Waals surface area contributed by atoms with Gasteiger partial charge in [-0.15, -0.1) is 0 Å². The zero-order chi connectivity index (χ0) is 17.6. The fourth-order valence-corrected chi connectivity index (χ4v) is 3.24. The van der Waals surface area contributed by atoms with E-state index in [2.05, 4.69) is 26.1 Å². The van der Waals surface area contributed by atoms with Crippen molar-refractivity contribution < 1.29 is 9.53 Å². The van der Waals surface area contributed by atoms with Gasteiger partial charge in [0.15, 0.2) is 6.10 Å². The Hall–Kier alpha value is -1.68. The van der Waals surface area contributed by atoms with E-state index < -0.39 is 6.10 Å². The van der Waals surface area contributed by atoms with Crippen LogP contribution in [0.25, 0.3) is 10.8 Å². The monoisotopic (exact) mass is 345 g/mol. The molecular weight excluding hydrogens is 318 g/mol. The van der Waals surface area contributed by atoms with E-state index in [1.165, 1.54) is 0 Å². The molecule has 24 heavy (non-hydrogen) atoms. The molecule has 2 rings (SSSR count). The molecule has 0 aliphatic carbocycles. The van der Waals surface area contributed by atoms with Gasteiger partial charge < -0.3 is 10.1 Å². The van der Waals surface area contributed by atoms with Crippen molar-refractivity contribution in [3.8, 4) is 5.75 Å². The zero-order valence-corrected chi connectivity index (χ0v) is 15.8. The standard InChI is InChI=1S/C20H27NO2S/c1-5-17(19(22)21-13-14-24-20(2,3)4)23-18-12-8-10-15-9-6-7-11-16(15)18/h6-12,17H,5,13-14H2,1-4H3,(H,21,22)/t17-/m1/s1. The molecule has 0 unspecified atom stereocenters. The van der Waals surface area contributed by atoms with Gasteiger partial charge in [0.25, 0.3) is 5.91 Å². The number of rotatable bonds is 7. The lowest BCUT2D eigenvalue weighted by atomic mass is 10.1. The van der Waals surface area contributed by atoms with Crippen molar-refractivity contribution in [3.63, 3.8) is 0 Å². The van der Waals surface area contributed by atoms with E-state index >= 15 is 0 Å². The van der Waals surface area contributed by atoms with Crippen molar-refractivity contribution in [2.24, 2.45) is 0 Å². The topological polar surface area (TPSA) is 38.3 Å². The van der Waals surface area contributed by atoms with E-state index in [-0.39, 0.29) is 10.7 Å². The van der Waals surface area contributed by atoms with Crippen molar-refractivity contribution >= 4 is 28.4 Å². The number of ether oxygens (including phenoxy) is 1. The van der Waals surface area contributed by atoms with E-state index in [0.29, 0.717) is 13.0 Å². The zero-order valence-electron chi connectivity index (χ0n) is 15.0. The lowest BCUT2D eigenvalue weighted by Crippen LogP contribution is -2.39. The first kappa shape index (κ1) is 18.7. The number of carbonyl (C=O) groups is 1. The summed E-state index contributed by atoms with van der Waals surface area (Å²) in [4.78, 5) is 12.4. The first-order valence-electron chi connectivity index (χ1n) is 8.47. The highest BCUT2D eigenvalue weighted by atomic mass is 32.2. The number of amides is 1. The molecule has 2 aromatic rings. The molecule has 0 aliphatic rings. The van der Waals surface area contributed by atoms with Crippen LogP contribution in [0.3, 0.4) is 0 Å². The van der Waals surface area contributed by atoms with E-state index in [1.54, 1.807) is 0 Å². The molecule has 130 valence electrons. The molecule has 1 atom stereocenters. The minimum atomic E-state index is -0.463.